The summed E-state index contributed by atoms with van der Waals surface area (Å²) >= 11 is 0. The minimum Gasteiger partial charge on any atom is -0.422 e. The summed E-state index contributed by atoms with van der Waals surface area (Å²) in [6.07, 6.45) is 1.83. The van der Waals surface area contributed by atoms with Crippen LogP contribution in [-0.2, 0) is 10.0 Å². The highest BCUT2D eigenvalue weighted by Gasteiger charge is 2.31. The quantitative estimate of drug-likeness (QED) is 0.797. The zero-order chi connectivity index (χ0) is 15.9. The summed E-state index contributed by atoms with van der Waals surface area (Å²) in [4.78, 5) is 11.9. The minimum absolute atomic E-state index is 0.264. The van der Waals surface area contributed by atoms with Crippen molar-refractivity contribution in [1.29, 1.82) is 0 Å². The molecule has 1 aromatic carbocycles. The van der Waals surface area contributed by atoms with Crippen LogP contribution in [0.1, 0.15) is 25.3 Å². The molecule has 22 heavy (non-hydrogen) atoms. The number of rotatable bonds is 2. The number of benzene rings is 1. The Morgan fingerprint density at radius 1 is 1.27 bits per heavy atom. The van der Waals surface area contributed by atoms with Crippen LogP contribution >= 0.6 is 0 Å². The van der Waals surface area contributed by atoms with Crippen LogP contribution in [0.2, 0.25) is 0 Å². The van der Waals surface area contributed by atoms with E-state index in [0.29, 0.717) is 30.0 Å². The van der Waals surface area contributed by atoms with Gasteiger partial charge < -0.3 is 4.42 Å². The molecule has 0 N–H and O–H groups in total. The van der Waals surface area contributed by atoms with Gasteiger partial charge in [0.25, 0.3) is 0 Å². The lowest BCUT2D eigenvalue weighted by molar-refractivity contribution is 0.280. The van der Waals surface area contributed by atoms with Crippen molar-refractivity contribution in [2.75, 3.05) is 13.1 Å². The fraction of sp³-hybridized carbons (Fsp3) is 0.438. The van der Waals surface area contributed by atoms with Crippen molar-refractivity contribution in [2.24, 2.45) is 5.92 Å². The van der Waals surface area contributed by atoms with Crippen molar-refractivity contribution >= 4 is 21.0 Å². The number of piperidine rings is 1. The first kappa shape index (κ1) is 15.2. The lowest BCUT2D eigenvalue weighted by atomic mass is 10.0. The van der Waals surface area contributed by atoms with Gasteiger partial charge >= 0.3 is 5.63 Å². The molecule has 1 fully saturated rings. The summed E-state index contributed by atoms with van der Waals surface area (Å²) in [5.74, 6) is 0.304. The molecule has 0 spiro atoms. The van der Waals surface area contributed by atoms with Crippen molar-refractivity contribution in [3.05, 3.63) is 40.2 Å². The molecule has 1 aromatic heterocycles. The summed E-state index contributed by atoms with van der Waals surface area (Å²) < 4.78 is 32.1. The van der Waals surface area contributed by atoms with E-state index in [9.17, 15) is 13.2 Å². The molecule has 1 saturated heterocycles. The van der Waals surface area contributed by atoms with E-state index in [2.05, 4.69) is 0 Å². The first-order chi connectivity index (χ1) is 10.4. The number of sulfonamides is 1. The van der Waals surface area contributed by atoms with Gasteiger partial charge in [-0.2, -0.15) is 4.31 Å². The van der Waals surface area contributed by atoms with E-state index in [4.69, 9.17) is 4.42 Å². The van der Waals surface area contributed by atoms with Crippen LogP contribution in [0.5, 0.6) is 0 Å². The third-order valence-electron chi connectivity index (χ3n) is 4.09. The third-order valence-corrected chi connectivity index (χ3v) is 5.95. The van der Waals surface area contributed by atoms with Crippen LogP contribution in [0.4, 0.5) is 0 Å². The van der Waals surface area contributed by atoms with Crippen molar-refractivity contribution in [2.45, 2.75) is 31.6 Å². The number of hydrogen-bond donors (Lipinski definition) is 0. The van der Waals surface area contributed by atoms with Gasteiger partial charge in [-0.1, -0.05) is 18.6 Å². The number of aryl methyl sites for hydroxylation is 1. The SMILES string of the molecule is Cc1ccc2oc(=O)c(S(=O)(=O)N3CCCC(C)C3)cc2c1. The second-order valence-corrected chi connectivity index (χ2v) is 7.96. The van der Waals surface area contributed by atoms with E-state index >= 15 is 0 Å². The maximum Gasteiger partial charge on any atom is 0.356 e. The van der Waals surface area contributed by atoms with Crippen LogP contribution in [-0.4, -0.2) is 25.8 Å². The first-order valence-corrected chi connectivity index (χ1v) is 8.86. The Balaban J connectivity index is 2.12. The lowest BCUT2D eigenvalue weighted by Crippen LogP contribution is -2.40. The Hall–Kier alpha value is -1.66. The van der Waals surface area contributed by atoms with Gasteiger partial charge in [0.1, 0.15) is 5.58 Å². The second kappa shape index (κ2) is 5.52. The van der Waals surface area contributed by atoms with Crippen molar-refractivity contribution < 1.29 is 12.8 Å². The van der Waals surface area contributed by atoms with Gasteiger partial charge in [-0.3, -0.25) is 0 Å². The summed E-state index contributed by atoms with van der Waals surface area (Å²) in [5, 5.41) is 0.628. The van der Waals surface area contributed by atoms with E-state index < -0.39 is 15.6 Å². The Kier molecular flexibility index (Phi) is 3.82. The van der Waals surface area contributed by atoms with Crippen LogP contribution in [0.15, 0.2) is 38.4 Å². The molecule has 0 saturated carbocycles. The Labute approximate surface area is 129 Å². The van der Waals surface area contributed by atoms with E-state index in [0.717, 1.165) is 18.4 Å². The molecular formula is C16H19NO4S. The van der Waals surface area contributed by atoms with Crippen molar-refractivity contribution in [3.63, 3.8) is 0 Å². The summed E-state index contributed by atoms with van der Waals surface area (Å²) in [7, 11) is -3.80. The maximum atomic E-state index is 12.7. The Bertz CT molecular complexity index is 869. The topological polar surface area (TPSA) is 67.6 Å². The fourth-order valence-electron chi connectivity index (χ4n) is 2.91. The zero-order valence-electron chi connectivity index (χ0n) is 12.7. The fourth-order valence-corrected chi connectivity index (χ4v) is 4.53. The molecule has 0 aliphatic carbocycles. The van der Waals surface area contributed by atoms with Gasteiger partial charge in [-0.15, -0.1) is 0 Å². The summed E-state index contributed by atoms with van der Waals surface area (Å²) in [6, 6.07) is 6.76. The summed E-state index contributed by atoms with van der Waals surface area (Å²) in [5.41, 5.74) is 0.590. The molecule has 2 aromatic rings. The molecule has 1 aliphatic heterocycles. The largest absolute Gasteiger partial charge is 0.422 e. The highest BCUT2D eigenvalue weighted by Crippen LogP contribution is 2.24. The maximum absolute atomic E-state index is 12.7. The van der Waals surface area contributed by atoms with E-state index in [1.54, 1.807) is 6.07 Å². The molecule has 3 rings (SSSR count). The third kappa shape index (κ3) is 2.68. The average Bonchev–Trinajstić information content (AvgIpc) is 2.47. The molecule has 0 radical (unpaired) electrons. The van der Waals surface area contributed by atoms with Crippen molar-refractivity contribution in [1.82, 2.24) is 4.31 Å². The number of hydrogen-bond acceptors (Lipinski definition) is 4. The van der Waals surface area contributed by atoms with E-state index in [1.807, 2.05) is 26.0 Å². The van der Waals surface area contributed by atoms with Gasteiger partial charge in [0.15, 0.2) is 4.90 Å². The molecule has 5 nitrogen and oxygen atoms in total. The number of fused-ring (bicyclic) bond motifs is 1. The number of nitrogens with zero attached hydrogens (tertiary/aromatic N) is 1. The molecule has 0 amide bonds. The van der Waals surface area contributed by atoms with Gasteiger partial charge in [0.2, 0.25) is 10.0 Å². The predicted molar refractivity (Wildman–Crippen MR) is 84.4 cm³/mol. The van der Waals surface area contributed by atoms with Gasteiger partial charge in [-0.05, 0) is 43.9 Å². The van der Waals surface area contributed by atoms with Crippen LogP contribution in [0.25, 0.3) is 11.0 Å². The van der Waals surface area contributed by atoms with Gasteiger partial charge in [0.05, 0.1) is 0 Å². The molecule has 1 aliphatic rings. The molecule has 118 valence electrons. The van der Waals surface area contributed by atoms with Crippen LogP contribution in [0.3, 0.4) is 0 Å². The van der Waals surface area contributed by atoms with Gasteiger partial charge in [0, 0.05) is 18.5 Å². The highest BCUT2D eigenvalue weighted by molar-refractivity contribution is 7.89. The Morgan fingerprint density at radius 2 is 2.05 bits per heavy atom. The van der Waals surface area contributed by atoms with E-state index in [1.165, 1.54) is 10.4 Å². The zero-order valence-corrected chi connectivity index (χ0v) is 13.5. The normalized spacial score (nSPS) is 20.4. The van der Waals surface area contributed by atoms with Crippen LogP contribution < -0.4 is 5.63 Å². The Morgan fingerprint density at radius 3 is 2.77 bits per heavy atom. The first-order valence-electron chi connectivity index (χ1n) is 7.42. The van der Waals surface area contributed by atoms with Crippen LogP contribution in [0, 0.1) is 12.8 Å². The second-order valence-electron chi connectivity index (χ2n) is 6.05. The van der Waals surface area contributed by atoms with Crippen molar-refractivity contribution in [3.8, 4) is 0 Å². The molecule has 0 bridgehead atoms. The summed E-state index contributed by atoms with van der Waals surface area (Å²) in [6.45, 7) is 4.84. The molecule has 2 heterocycles. The molecule has 1 unspecified atom stereocenters. The average molecular weight is 321 g/mol. The highest BCUT2D eigenvalue weighted by atomic mass is 32.2. The molecule has 1 atom stereocenters. The lowest BCUT2D eigenvalue weighted by Gasteiger charge is -2.29. The smallest absolute Gasteiger partial charge is 0.356 e. The predicted octanol–water partition coefficient (Wildman–Crippen LogP) is 2.52. The van der Waals surface area contributed by atoms with Gasteiger partial charge in [-0.25, -0.2) is 13.2 Å². The van der Waals surface area contributed by atoms with E-state index in [-0.39, 0.29) is 4.90 Å². The minimum atomic E-state index is -3.80. The monoisotopic (exact) mass is 321 g/mol. The molecular weight excluding hydrogens is 302 g/mol. The standard InChI is InChI=1S/C16H19NO4S/c1-11-5-6-14-13(8-11)9-15(16(18)21-14)22(19,20)17-7-3-4-12(2)10-17/h5-6,8-9,12H,3-4,7,10H2,1-2H3. The molecule has 6 heteroatoms.